The summed E-state index contributed by atoms with van der Waals surface area (Å²) in [5.74, 6) is -0.446. The molecule has 0 aliphatic heterocycles. The van der Waals surface area contributed by atoms with E-state index in [1.54, 1.807) is 23.5 Å². The number of thiophene rings is 2. The van der Waals surface area contributed by atoms with Gasteiger partial charge in [-0.3, -0.25) is 4.79 Å². The van der Waals surface area contributed by atoms with Gasteiger partial charge in [-0.2, -0.15) is 0 Å². The van der Waals surface area contributed by atoms with Crippen molar-refractivity contribution in [2.24, 2.45) is 0 Å². The van der Waals surface area contributed by atoms with Crippen LogP contribution < -0.4 is 0 Å². The van der Waals surface area contributed by atoms with Gasteiger partial charge in [0.05, 0.1) is 4.88 Å². The van der Waals surface area contributed by atoms with Crippen molar-refractivity contribution in [1.82, 2.24) is 0 Å². The van der Waals surface area contributed by atoms with Gasteiger partial charge in [0.1, 0.15) is 11.6 Å². The molecular formula is C36H27Br2F2I3OS2. The third-order valence-electron chi connectivity index (χ3n) is 6.87. The molecule has 0 atom stereocenters. The fourth-order valence-electron chi connectivity index (χ4n) is 4.46. The van der Waals surface area contributed by atoms with Crippen LogP contribution in [-0.2, 0) is 6.42 Å². The van der Waals surface area contributed by atoms with Crippen LogP contribution in [0, 0.1) is 25.5 Å². The van der Waals surface area contributed by atoms with Gasteiger partial charge < -0.3 is 0 Å². The molecule has 10 heteroatoms. The van der Waals surface area contributed by atoms with Crippen molar-refractivity contribution in [2.45, 2.75) is 20.3 Å². The van der Waals surface area contributed by atoms with Gasteiger partial charge in [-0.15, -0.1) is 46.7 Å². The molecule has 1 nitrogen and oxygen atoms in total. The number of hydrogen-bond acceptors (Lipinski definition) is 3. The predicted molar refractivity (Wildman–Crippen MR) is 227 cm³/mol. The highest BCUT2D eigenvalue weighted by atomic mass is 128. The molecule has 46 heavy (non-hydrogen) atoms. The van der Waals surface area contributed by atoms with Gasteiger partial charge in [0.15, 0.2) is 0 Å². The van der Waals surface area contributed by atoms with E-state index in [1.807, 2.05) is 49.4 Å². The van der Waals surface area contributed by atoms with E-state index in [0.29, 0.717) is 10.4 Å². The minimum Gasteiger partial charge on any atom is -0.288 e. The molecule has 0 aliphatic carbocycles. The van der Waals surface area contributed by atoms with E-state index in [0.717, 1.165) is 36.9 Å². The number of rotatable bonds is 6. The van der Waals surface area contributed by atoms with Crippen LogP contribution in [0.25, 0.3) is 20.9 Å². The van der Waals surface area contributed by atoms with E-state index in [1.165, 1.54) is 56.5 Å². The van der Waals surface area contributed by atoms with E-state index < -0.39 is 0 Å². The van der Waals surface area contributed by atoms with E-state index in [2.05, 4.69) is 106 Å². The van der Waals surface area contributed by atoms with Crippen LogP contribution in [0.15, 0.2) is 118 Å². The maximum atomic E-state index is 13.0. The standard InChI is InChI=1S/C18H12BrFOS.C18H14BrFS.I2.HI/c1-11-2-5-13(19)10-15(11)18(21)17-9-8-16(22-17)12-3-6-14(20)7-4-12;1-12-2-5-15(19)10-14(12)11-17-8-9-18(21-17)13-3-6-16(20)7-4-13;1-2;/h2-10H,1H3;2-10H,11H2,1H3;;1H. The summed E-state index contributed by atoms with van der Waals surface area (Å²) in [5.41, 5.74) is 6.26. The second kappa shape index (κ2) is 19.2. The summed E-state index contributed by atoms with van der Waals surface area (Å²) >= 11 is 14.4. The SMILES string of the molecule is Cc1ccc(Br)cc1C(=O)c1ccc(-c2ccc(F)cc2)s1.Cc1ccc(Br)cc1Cc1ccc(-c2ccc(F)cc2)s1.I.II. The third-order valence-corrected chi connectivity index (χ3v) is 10.1. The molecule has 6 aromatic rings. The third kappa shape index (κ3) is 11.0. The summed E-state index contributed by atoms with van der Waals surface area (Å²) in [5, 5.41) is 0. The largest absolute Gasteiger partial charge is 0.288 e. The molecular weight excluding hydrogens is 1090 g/mol. The van der Waals surface area contributed by atoms with Gasteiger partial charge in [0.2, 0.25) is 5.78 Å². The highest BCUT2D eigenvalue weighted by molar-refractivity contribution is 15.0. The van der Waals surface area contributed by atoms with Crippen molar-refractivity contribution in [3.63, 3.8) is 0 Å². The summed E-state index contributed by atoms with van der Waals surface area (Å²) in [7, 11) is 0. The van der Waals surface area contributed by atoms with Gasteiger partial charge >= 0.3 is 0 Å². The van der Waals surface area contributed by atoms with Gasteiger partial charge in [0.25, 0.3) is 0 Å². The highest BCUT2D eigenvalue weighted by Crippen LogP contribution is 2.32. The first-order chi connectivity index (χ1) is 21.7. The van der Waals surface area contributed by atoms with Crippen molar-refractivity contribution in [1.29, 1.82) is 0 Å². The Morgan fingerprint density at radius 1 is 0.652 bits per heavy atom. The molecule has 0 aliphatic rings. The molecule has 6 rings (SSSR count). The molecule has 0 fully saturated rings. The minimum absolute atomic E-state index is 0. The zero-order valence-corrected chi connectivity index (χ0v) is 36.0. The lowest BCUT2D eigenvalue weighted by atomic mass is 10.0. The normalized spacial score (nSPS) is 10.2. The second-order valence-electron chi connectivity index (χ2n) is 9.98. The van der Waals surface area contributed by atoms with Crippen LogP contribution >= 0.6 is 116 Å². The first kappa shape index (κ1) is 39.4. The van der Waals surface area contributed by atoms with Crippen molar-refractivity contribution >= 4 is 122 Å². The van der Waals surface area contributed by atoms with E-state index in [4.69, 9.17) is 0 Å². The van der Waals surface area contributed by atoms with Crippen LogP contribution in [0.4, 0.5) is 8.78 Å². The maximum Gasteiger partial charge on any atom is 0.203 e. The lowest BCUT2D eigenvalue weighted by molar-refractivity contribution is 0.104. The Kier molecular flexibility index (Phi) is 16.5. The quantitative estimate of drug-likeness (QED) is 0.120. The average Bonchev–Trinajstić information content (AvgIpc) is 3.73. The van der Waals surface area contributed by atoms with Crippen LogP contribution in [0.2, 0.25) is 0 Å². The van der Waals surface area contributed by atoms with Crippen molar-refractivity contribution in [2.75, 3.05) is 0 Å². The maximum absolute atomic E-state index is 13.0. The van der Waals surface area contributed by atoms with E-state index >= 15 is 0 Å². The zero-order chi connectivity index (χ0) is 32.5. The molecule has 0 saturated carbocycles. The Balaban J connectivity index is 0.000000233. The Morgan fingerprint density at radius 3 is 1.74 bits per heavy atom. The fraction of sp³-hybridized carbons (Fsp3) is 0.0833. The predicted octanol–water partition coefficient (Wildman–Crippen LogP) is 14.5. The van der Waals surface area contributed by atoms with Crippen LogP contribution in [0.5, 0.6) is 0 Å². The topological polar surface area (TPSA) is 17.1 Å². The van der Waals surface area contributed by atoms with Crippen molar-refractivity contribution in [3.05, 3.63) is 162 Å². The van der Waals surface area contributed by atoms with Crippen molar-refractivity contribution in [3.8, 4) is 20.9 Å². The number of hydrogen-bond donors (Lipinski definition) is 0. The van der Waals surface area contributed by atoms with Crippen LogP contribution in [-0.4, -0.2) is 5.78 Å². The van der Waals surface area contributed by atoms with Gasteiger partial charge in [-0.05, 0) is 114 Å². The number of ketones is 1. The zero-order valence-electron chi connectivity index (χ0n) is 24.5. The Hall–Kier alpha value is -1.04. The minimum atomic E-state index is -0.263. The number of aryl methyl sites for hydroxylation is 2. The smallest absolute Gasteiger partial charge is 0.203 e. The number of benzene rings is 4. The van der Waals surface area contributed by atoms with Gasteiger partial charge in [-0.1, -0.05) is 68.3 Å². The second-order valence-corrected chi connectivity index (χ2v) is 14.1. The monoisotopic (exact) mass is 1120 g/mol. The summed E-state index contributed by atoms with van der Waals surface area (Å²) in [6, 6.07) is 33.0. The number of carbonyl (C=O) groups is 1. The first-order valence-corrected chi connectivity index (χ1v) is 23.1. The Morgan fingerprint density at radius 2 is 1.15 bits per heavy atom. The lowest BCUT2D eigenvalue weighted by Gasteiger charge is -2.04. The highest BCUT2D eigenvalue weighted by Gasteiger charge is 2.15. The summed E-state index contributed by atoms with van der Waals surface area (Å²) in [6.07, 6.45) is 0.928. The molecule has 2 heterocycles. The lowest BCUT2D eigenvalue weighted by Crippen LogP contribution is -2.01. The van der Waals surface area contributed by atoms with E-state index in [9.17, 15) is 13.6 Å². The summed E-state index contributed by atoms with van der Waals surface area (Å²) < 4.78 is 28.0. The average molecular weight is 1120 g/mol. The molecule has 0 spiro atoms. The van der Waals surface area contributed by atoms with E-state index in [-0.39, 0.29) is 41.4 Å². The molecule has 2 aromatic heterocycles. The van der Waals surface area contributed by atoms with Crippen molar-refractivity contribution < 1.29 is 13.6 Å². The number of halogens is 7. The molecule has 0 bridgehead atoms. The molecule has 0 unspecified atom stereocenters. The molecule has 0 saturated heterocycles. The van der Waals surface area contributed by atoms with Crippen LogP contribution in [0.3, 0.4) is 0 Å². The fourth-order valence-corrected chi connectivity index (χ4v) is 7.23. The Bertz CT molecular complexity index is 1890. The summed E-state index contributed by atoms with van der Waals surface area (Å²) in [6.45, 7) is 4.06. The van der Waals surface area contributed by atoms with Crippen LogP contribution in [0.1, 0.15) is 36.8 Å². The first-order valence-electron chi connectivity index (χ1n) is 13.6. The molecule has 4 aromatic carbocycles. The molecule has 238 valence electrons. The van der Waals surface area contributed by atoms with Gasteiger partial charge in [-0.25, -0.2) is 8.78 Å². The molecule has 0 radical (unpaired) electrons. The molecule has 0 N–H and O–H groups in total. The summed E-state index contributed by atoms with van der Waals surface area (Å²) in [4.78, 5) is 16.8. The number of carbonyl (C=O) groups excluding carboxylic acids is 1. The molecule has 0 amide bonds. The van der Waals surface area contributed by atoms with Gasteiger partial charge in [0, 0.05) is 72.8 Å². The Labute approximate surface area is 333 Å².